The van der Waals surface area contributed by atoms with Gasteiger partial charge >= 0.3 is 0 Å². The molecule has 1 N–H and O–H groups in total. The third-order valence-corrected chi connectivity index (χ3v) is 4.62. The monoisotopic (exact) mass is 452 g/mol. The third kappa shape index (κ3) is 7.32. The Morgan fingerprint density at radius 3 is 2.44 bits per heavy atom. The van der Waals surface area contributed by atoms with Crippen LogP contribution in [0.1, 0.15) is 23.6 Å². The lowest BCUT2D eigenvalue weighted by Gasteiger charge is -2.12. The highest BCUT2D eigenvalue weighted by molar-refractivity contribution is 6.30. The summed E-state index contributed by atoms with van der Waals surface area (Å²) in [5.41, 5.74) is 5.33. The Bertz CT molecular complexity index is 1050. The standard InChI is InChI=1S/C25H25ClN2O4/c1-3-30-24-14-20(8-13-23(24)32-16-19-6-9-21(26)10-7-19)15-27-28-25(29)17-31-22-11-4-18(2)5-12-22/h4-15H,3,16-17H2,1-2H3,(H,28,29)/b27-15-. The minimum Gasteiger partial charge on any atom is -0.490 e. The van der Waals surface area contributed by atoms with E-state index in [4.69, 9.17) is 25.8 Å². The summed E-state index contributed by atoms with van der Waals surface area (Å²) in [6.45, 7) is 4.65. The average molecular weight is 453 g/mol. The molecule has 0 radical (unpaired) electrons. The number of amides is 1. The number of hydrazone groups is 1. The summed E-state index contributed by atoms with van der Waals surface area (Å²) in [5.74, 6) is 1.49. The molecule has 0 unspecified atom stereocenters. The zero-order chi connectivity index (χ0) is 22.8. The Hall–Kier alpha value is -3.51. The molecular formula is C25H25ClN2O4. The van der Waals surface area contributed by atoms with Crippen molar-refractivity contribution in [3.63, 3.8) is 0 Å². The summed E-state index contributed by atoms with van der Waals surface area (Å²) in [6, 6.07) is 20.4. The molecule has 0 saturated carbocycles. The SMILES string of the molecule is CCOc1cc(/C=N\NC(=O)COc2ccc(C)cc2)ccc1OCc1ccc(Cl)cc1. The highest BCUT2D eigenvalue weighted by Crippen LogP contribution is 2.29. The molecule has 0 aliphatic carbocycles. The van der Waals surface area contributed by atoms with Gasteiger partial charge in [-0.3, -0.25) is 4.79 Å². The van der Waals surface area contributed by atoms with Crippen LogP contribution in [-0.4, -0.2) is 25.3 Å². The fraction of sp³-hybridized carbons (Fsp3) is 0.200. The molecule has 0 heterocycles. The molecule has 0 atom stereocenters. The van der Waals surface area contributed by atoms with E-state index in [0.29, 0.717) is 35.5 Å². The highest BCUT2D eigenvalue weighted by atomic mass is 35.5. The molecule has 0 aliphatic rings. The van der Waals surface area contributed by atoms with Crippen LogP contribution in [0.25, 0.3) is 0 Å². The molecule has 0 aliphatic heterocycles. The summed E-state index contributed by atoms with van der Waals surface area (Å²) in [7, 11) is 0. The van der Waals surface area contributed by atoms with Gasteiger partial charge in [0.15, 0.2) is 18.1 Å². The maximum Gasteiger partial charge on any atom is 0.277 e. The maximum absolute atomic E-state index is 11.9. The summed E-state index contributed by atoms with van der Waals surface area (Å²) in [5, 5.41) is 4.67. The predicted molar refractivity (Wildman–Crippen MR) is 126 cm³/mol. The number of aryl methyl sites for hydroxylation is 1. The molecule has 3 aromatic rings. The van der Waals surface area contributed by atoms with Crippen LogP contribution in [0.15, 0.2) is 71.8 Å². The van der Waals surface area contributed by atoms with E-state index in [9.17, 15) is 4.79 Å². The van der Waals surface area contributed by atoms with Gasteiger partial charge in [0, 0.05) is 5.02 Å². The van der Waals surface area contributed by atoms with E-state index >= 15 is 0 Å². The number of carbonyl (C=O) groups excluding carboxylic acids is 1. The molecule has 166 valence electrons. The molecule has 7 heteroatoms. The Labute approximate surface area is 192 Å². The minimum absolute atomic E-state index is 0.123. The van der Waals surface area contributed by atoms with E-state index in [1.165, 1.54) is 6.21 Å². The number of benzene rings is 3. The molecule has 0 aromatic heterocycles. The summed E-state index contributed by atoms with van der Waals surface area (Å²) >= 11 is 5.92. The van der Waals surface area contributed by atoms with Crippen molar-refractivity contribution in [1.29, 1.82) is 0 Å². The van der Waals surface area contributed by atoms with E-state index in [0.717, 1.165) is 16.7 Å². The molecule has 0 saturated heterocycles. The predicted octanol–water partition coefficient (Wildman–Crippen LogP) is 5.16. The van der Waals surface area contributed by atoms with E-state index in [1.54, 1.807) is 6.07 Å². The Morgan fingerprint density at radius 2 is 1.72 bits per heavy atom. The highest BCUT2D eigenvalue weighted by Gasteiger charge is 2.07. The first kappa shape index (κ1) is 23.2. The quantitative estimate of drug-likeness (QED) is 0.341. The molecule has 0 spiro atoms. The summed E-state index contributed by atoms with van der Waals surface area (Å²) in [6.07, 6.45) is 1.54. The second-order valence-corrected chi connectivity index (χ2v) is 7.39. The van der Waals surface area contributed by atoms with Crippen molar-refractivity contribution >= 4 is 23.7 Å². The first-order valence-electron chi connectivity index (χ1n) is 10.2. The topological polar surface area (TPSA) is 69.2 Å². The fourth-order valence-electron chi connectivity index (χ4n) is 2.73. The van der Waals surface area contributed by atoms with Gasteiger partial charge < -0.3 is 14.2 Å². The van der Waals surface area contributed by atoms with Gasteiger partial charge in [-0.05, 0) is 67.4 Å². The normalized spacial score (nSPS) is 10.7. The van der Waals surface area contributed by atoms with Crippen molar-refractivity contribution in [2.75, 3.05) is 13.2 Å². The number of halogens is 1. The third-order valence-electron chi connectivity index (χ3n) is 4.37. The summed E-state index contributed by atoms with van der Waals surface area (Å²) < 4.78 is 17.0. The largest absolute Gasteiger partial charge is 0.490 e. The first-order valence-corrected chi connectivity index (χ1v) is 10.6. The first-order chi connectivity index (χ1) is 15.5. The summed E-state index contributed by atoms with van der Waals surface area (Å²) in [4.78, 5) is 11.9. The van der Waals surface area contributed by atoms with Crippen molar-refractivity contribution in [3.8, 4) is 17.2 Å². The van der Waals surface area contributed by atoms with Crippen LogP contribution in [0.5, 0.6) is 17.2 Å². The molecular weight excluding hydrogens is 428 g/mol. The smallest absolute Gasteiger partial charge is 0.277 e. The van der Waals surface area contributed by atoms with E-state index in [1.807, 2.05) is 74.5 Å². The lowest BCUT2D eigenvalue weighted by molar-refractivity contribution is -0.123. The van der Waals surface area contributed by atoms with Crippen molar-refractivity contribution in [3.05, 3.63) is 88.4 Å². The number of hydrogen-bond donors (Lipinski definition) is 1. The fourth-order valence-corrected chi connectivity index (χ4v) is 2.85. The number of hydrogen-bond acceptors (Lipinski definition) is 5. The van der Waals surface area contributed by atoms with E-state index < -0.39 is 0 Å². The minimum atomic E-state index is -0.352. The van der Waals surface area contributed by atoms with Gasteiger partial charge in [0.1, 0.15) is 12.4 Å². The van der Waals surface area contributed by atoms with Gasteiger partial charge in [-0.2, -0.15) is 5.10 Å². The van der Waals surface area contributed by atoms with Crippen LogP contribution in [0.3, 0.4) is 0 Å². The van der Waals surface area contributed by atoms with Gasteiger partial charge in [-0.15, -0.1) is 0 Å². The molecule has 1 amide bonds. The number of rotatable bonds is 10. The van der Waals surface area contributed by atoms with Crippen molar-refractivity contribution in [2.45, 2.75) is 20.5 Å². The molecule has 32 heavy (non-hydrogen) atoms. The van der Waals surface area contributed by atoms with Crippen LogP contribution in [0, 0.1) is 6.92 Å². The number of ether oxygens (including phenoxy) is 3. The molecule has 0 bridgehead atoms. The number of carbonyl (C=O) groups is 1. The maximum atomic E-state index is 11.9. The van der Waals surface area contributed by atoms with Crippen LogP contribution >= 0.6 is 11.6 Å². The van der Waals surface area contributed by atoms with Crippen molar-refractivity contribution in [2.24, 2.45) is 5.10 Å². The van der Waals surface area contributed by atoms with Crippen molar-refractivity contribution in [1.82, 2.24) is 5.43 Å². The molecule has 3 rings (SSSR count). The van der Waals surface area contributed by atoms with Crippen LogP contribution in [0.4, 0.5) is 0 Å². The Kier molecular flexibility index (Phi) is 8.52. The molecule has 0 fully saturated rings. The van der Waals surface area contributed by atoms with E-state index in [-0.39, 0.29) is 12.5 Å². The lowest BCUT2D eigenvalue weighted by Crippen LogP contribution is -2.24. The second-order valence-electron chi connectivity index (χ2n) is 6.95. The average Bonchev–Trinajstić information content (AvgIpc) is 2.79. The molecule has 3 aromatic carbocycles. The van der Waals surface area contributed by atoms with Crippen LogP contribution < -0.4 is 19.6 Å². The van der Waals surface area contributed by atoms with Gasteiger partial charge in [-0.25, -0.2) is 5.43 Å². The lowest BCUT2D eigenvalue weighted by atomic mass is 10.2. The van der Waals surface area contributed by atoms with Gasteiger partial charge in [0.05, 0.1) is 12.8 Å². The second kappa shape index (κ2) is 11.8. The zero-order valence-electron chi connectivity index (χ0n) is 18.0. The Balaban J connectivity index is 1.54. The van der Waals surface area contributed by atoms with Crippen molar-refractivity contribution < 1.29 is 19.0 Å². The zero-order valence-corrected chi connectivity index (χ0v) is 18.8. The molecule has 6 nitrogen and oxygen atoms in total. The number of nitrogens with zero attached hydrogens (tertiary/aromatic N) is 1. The van der Waals surface area contributed by atoms with Crippen LogP contribution in [-0.2, 0) is 11.4 Å². The van der Waals surface area contributed by atoms with Gasteiger partial charge in [-0.1, -0.05) is 41.4 Å². The number of nitrogens with one attached hydrogen (secondary N) is 1. The van der Waals surface area contributed by atoms with E-state index in [2.05, 4.69) is 10.5 Å². The Morgan fingerprint density at radius 1 is 0.969 bits per heavy atom. The van der Waals surface area contributed by atoms with Gasteiger partial charge in [0.25, 0.3) is 5.91 Å². The van der Waals surface area contributed by atoms with Gasteiger partial charge in [0.2, 0.25) is 0 Å². The van der Waals surface area contributed by atoms with Crippen LogP contribution in [0.2, 0.25) is 5.02 Å².